The molecule has 3 rings (SSSR count). The van der Waals surface area contributed by atoms with Crippen molar-refractivity contribution >= 4 is 46.3 Å². The van der Waals surface area contributed by atoms with Crippen LogP contribution in [-0.4, -0.2) is 23.1 Å². The highest BCUT2D eigenvalue weighted by Gasteiger charge is 2.12. The monoisotopic (exact) mass is 411 g/mol. The van der Waals surface area contributed by atoms with Crippen molar-refractivity contribution in [3.63, 3.8) is 0 Å². The molecule has 0 saturated carbocycles. The fourth-order valence-corrected chi connectivity index (χ4v) is 4.06. The molecule has 0 atom stereocenters. The molecule has 2 amide bonds. The van der Waals surface area contributed by atoms with Crippen LogP contribution in [0.25, 0.3) is 11.3 Å². The minimum atomic E-state index is -0.112. The summed E-state index contributed by atoms with van der Waals surface area (Å²) in [5.74, 6) is -0.203. The second-order valence-electron chi connectivity index (χ2n) is 6.26. The van der Waals surface area contributed by atoms with E-state index in [1.165, 1.54) is 18.3 Å². The zero-order valence-electron chi connectivity index (χ0n) is 15.9. The minimum Gasteiger partial charge on any atom is -0.325 e. The Morgan fingerprint density at radius 3 is 2.61 bits per heavy atom. The highest BCUT2D eigenvalue weighted by molar-refractivity contribution is 7.98. The normalized spacial score (nSPS) is 10.5. The van der Waals surface area contributed by atoms with Crippen LogP contribution in [0.5, 0.6) is 0 Å². The maximum Gasteiger partial charge on any atom is 0.231 e. The zero-order valence-corrected chi connectivity index (χ0v) is 17.5. The lowest BCUT2D eigenvalue weighted by Gasteiger charge is -2.09. The Kier molecular flexibility index (Phi) is 6.49. The van der Waals surface area contributed by atoms with E-state index in [1.807, 2.05) is 61.0 Å². The highest BCUT2D eigenvalue weighted by atomic mass is 32.2. The van der Waals surface area contributed by atoms with Crippen LogP contribution in [0.2, 0.25) is 0 Å². The van der Waals surface area contributed by atoms with Crippen LogP contribution in [-0.2, 0) is 16.0 Å². The Morgan fingerprint density at radius 2 is 1.89 bits per heavy atom. The van der Waals surface area contributed by atoms with E-state index in [9.17, 15) is 9.59 Å². The standard InChI is InChI=1S/C21H21N3O2S2/c1-13-6-4-5-7-16(13)23-20(26)11-21-24-18(12-28-21)15-8-9-19(27-3)17(10-15)22-14(2)25/h4-10,12H,11H2,1-3H3,(H,22,25)(H,23,26). The number of benzene rings is 2. The van der Waals surface area contributed by atoms with Gasteiger partial charge in [-0.3, -0.25) is 9.59 Å². The van der Waals surface area contributed by atoms with E-state index in [4.69, 9.17) is 0 Å². The molecule has 1 aromatic heterocycles. The number of anilines is 2. The first kappa shape index (κ1) is 20.1. The van der Waals surface area contributed by atoms with Gasteiger partial charge in [0.1, 0.15) is 5.01 Å². The van der Waals surface area contributed by atoms with Gasteiger partial charge in [-0.05, 0) is 36.9 Å². The molecule has 1 heterocycles. The summed E-state index contributed by atoms with van der Waals surface area (Å²) < 4.78 is 0. The Bertz CT molecular complexity index is 1010. The van der Waals surface area contributed by atoms with E-state index in [0.29, 0.717) is 0 Å². The smallest absolute Gasteiger partial charge is 0.231 e. The summed E-state index contributed by atoms with van der Waals surface area (Å²) in [6.45, 7) is 3.45. The summed E-state index contributed by atoms with van der Waals surface area (Å²) in [7, 11) is 0. The average molecular weight is 412 g/mol. The number of nitrogens with zero attached hydrogens (tertiary/aromatic N) is 1. The highest BCUT2D eigenvalue weighted by Crippen LogP contribution is 2.31. The Labute approximate surface area is 172 Å². The van der Waals surface area contributed by atoms with Gasteiger partial charge in [0.25, 0.3) is 0 Å². The summed E-state index contributed by atoms with van der Waals surface area (Å²) in [6, 6.07) is 13.5. The van der Waals surface area contributed by atoms with Gasteiger partial charge in [0.05, 0.1) is 17.8 Å². The minimum absolute atomic E-state index is 0.0909. The number of nitrogens with one attached hydrogen (secondary N) is 2. The van der Waals surface area contributed by atoms with Crippen molar-refractivity contribution in [2.75, 3.05) is 16.9 Å². The molecule has 7 heteroatoms. The quantitative estimate of drug-likeness (QED) is 0.561. The van der Waals surface area contributed by atoms with Gasteiger partial charge in [-0.1, -0.05) is 24.3 Å². The second-order valence-corrected chi connectivity index (χ2v) is 8.05. The SMILES string of the molecule is CSc1ccc(-c2csc(CC(=O)Nc3ccccc3C)n2)cc1NC(C)=O. The molecule has 0 aliphatic heterocycles. The van der Waals surface area contributed by atoms with Gasteiger partial charge in [-0.2, -0.15) is 0 Å². The third-order valence-electron chi connectivity index (χ3n) is 4.09. The molecule has 0 aliphatic carbocycles. The first-order chi connectivity index (χ1) is 13.5. The second kappa shape index (κ2) is 9.03. The maximum atomic E-state index is 12.3. The molecule has 0 spiro atoms. The molecular weight excluding hydrogens is 390 g/mol. The lowest BCUT2D eigenvalue weighted by atomic mass is 10.1. The van der Waals surface area contributed by atoms with Crippen molar-refractivity contribution in [3.8, 4) is 11.3 Å². The van der Waals surface area contributed by atoms with Crippen LogP contribution >= 0.6 is 23.1 Å². The molecule has 0 fully saturated rings. The van der Waals surface area contributed by atoms with Gasteiger partial charge in [0.15, 0.2) is 0 Å². The summed E-state index contributed by atoms with van der Waals surface area (Å²) in [5, 5.41) is 8.47. The number of para-hydroxylation sites is 1. The number of carbonyl (C=O) groups is 2. The van der Waals surface area contributed by atoms with Gasteiger partial charge in [0.2, 0.25) is 11.8 Å². The van der Waals surface area contributed by atoms with Gasteiger partial charge in [-0.15, -0.1) is 23.1 Å². The van der Waals surface area contributed by atoms with Crippen LogP contribution in [0.3, 0.4) is 0 Å². The largest absolute Gasteiger partial charge is 0.325 e. The molecule has 0 unspecified atom stereocenters. The van der Waals surface area contributed by atoms with E-state index in [1.54, 1.807) is 11.8 Å². The van der Waals surface area contributed by atoms with Crippen molar-refractivity contribution in [1.29, 1.82) is 0 Å². The molecule has 3 aromatic rings. The lowest BCUT2D eigenvalue weighted by Crippen LogP contribution is -2.14. The number of thioether (sulfide) groups is 1. The molecule has 2 N–H and O–H groups in total. The maximum absolute atomic E-state index is 12.3. The molecule has 5 nitrogen and oxygen atoms in total. The van der Waals surface area contributed by atoms with E-state index < -0.39 is 0 Å². The molecule has 0 radical (unpaired) electrons. The van der Waals surface area contributed by atoms with Crippen molar-refractivity contribution < 1.29 is 9.59 Å². The number of hydrogen-bond acceptors (Lipinski definition) is 5. The Morgan fingerprint density at radius 1 is 1.11 bits per heavy atom. The molecule has 0 aliphatic rings. The molecule has 2 aromatic carbocycles. The predicted octanol–water partition coefficient (Wildman–Crippen LogP) is 4.98. The average Bonchev–Trinajstić information content (AvgIpc) is 3.11. The van der Waals surface area contributed by atoms with Gasteiger partial charge in [0, 0.05) is 28.5 Å². The number of hydrogen-bond donors (Lipinski definition) is 2. The summed E-state index contributed by atoms with van der Waals surface area (Å²) in [6.07, 6.45) is 2.19. The van der Waals surface area contributed by atoms with Crippen LogP contribution in [0.4, 0.5) is 11.4 Å². The Hall–Kier alpha value is -2.64. The van der Waals surface area contributed by atoms with Crippen molar-refractivity contribution in [1.82, 2.24) is 4.98 Å². The van der Waals surface area contributed by atoms with E-state index in [2.05, 4.69) is 15.6 Å². The molecule has 0 saturated heterocycles. The summed E-state index contributed by atoms with van der Waals surface area (Å²) in [5.41, 5.74) is 4.31. The van der Waals surface area contributed by atoms with Gasteiger partial charge < -0.3 is 10.6 Å². The third kappa shape index (κ3) is 4.99. The lowest BCUT2D eigenvalue weighted by molar-refractivity contribution is -0.116. The van der Waals surface area contributed by atoms with Crippen LogP contribution in [0.15, 0.2) is 52.7 Å². The van der Waals surface area contributed by atoms with Gasteiger partial charge in [-0.25, -0.2) is 4.98 Å². The first-order valence-electron chi connectivity index (χ1n) is 8.72. The van der Waals surface area contributed by atoms with E-state index in [0.717, 1.165) is 38.1 Å². The van der Waals surface area contributed by atoms with Crippen LogP contribution in [0, 0.1) is 6.92 Å². The number of amides is 2. The number of rotatable bonds is 6. The zero-order chi connectivity index (χ0) is 20.1. The molecule has 144 valence electrons. The predicted molar refractivity (Wildman–Crippen MR) is 117 cm³/mol. The molecule has 28 heavy (non-hydrogen) atoms. The van der Waals surface area contributed by atoms with Gasteiger partial charge >= 0.3 is 0 Å². The fraction of sp³-hybridized carbons (Fsp3) is 0.190. The van der Waals surface area contributed by atoms with Crippen molar-refractivity contribution in [3.05, 3.63) is 58.4 Å². The Balaban J connectivity index is 1.74. The summed E-state index contributed by atoms with van der Waals surface area (Å²) in [4.78, 5) is 29.4. The van der Waals surface area contributed by atoms with Crippen molar-refractivity contribution in [2.24, 2.45) is 0 Å². The van der Waals surface area contributed by atoms with E-state index >= 15 is 0 Å². The molecular formula is C21H21N3O2S2. The van der Waals surface area contributed by atoms with Crippen LogP contribution in [0.1, 0.15) is 17.5 Å². The number of aromatic nitrogens is 1. The topological polar surface area (TPSA) is 71.1 Å². The third-order valence-corrected chi connectivity index (χ3v) is 5.73. The summed E-state index contributed by atoms with van der Waals surface area (Å²) >= 11 is 3.02. The number of thiazole rings is 1. The van der Waals surface area contributed by atoms with E-state index in [-0.39, 0.29) is 18.2 Å². The van der Waals surface area contributed by atoms with Crippen LogP contribution < -0.4 is 10.6 Å². The first-order valence-corrected chi connectivity index (χ1v) is 10.8. The molecule has 0 bridgehead atoms. The number of carbonyl (C=O) groups excluding carboxylic acids is 2. The fourth-order valence-electron chi connectivity index (χ4n) is 2.72. The number of aryl methyl sites for hydroxylation is 1. The van der Waals surface area contributed by atoms with Crippen molar-refractivity contribution in [2.45, 2.75) is 25.2 Å².